The number of hydrogen-bond acceptors (Lipinski definition) is 6. The normalized spacial score (nSPS) is 10.1. The standard InChI is InChI=1S/C17H17N5O/c1-12-7-9-14(10-8-12)23-17-15(18)16(19-11-20-17)22-21-13-5-3-2-4-6-13/h2-11,21H,18H2,1H3,(H,19,20,22). The van der Waals surface area contributed by atoms with E-state index in [4.69, 9.17) is 10.5 Å². The number of aryl methyl sites for hydroxylation is 1. The van der Waals surface area contributed by atoms with Gasteiger partial charge < -0.3 is 10.5 Å². The summed E-state index contributed by atoms with van der Waals surface area (Å²) in [6.45, 7) is 2.01. The van der Waals surface area contributed by atoms with Gasteiger partial charge in [0.2, 0.25) is 5.88 Å². The van der Waals surface area contributed by atoms with Crippen LogP contribution >= 0.6 is 0 Å². The first-order valence-corrected chi connectivity index (χ1v) is 7.14. The fraction of sp³-hybridized carbons (Fsp3) is 0.0588. The number of rotatable bonds is 5. The van der Waals surface area contributed by atoms with Crippen molar-refractivity contribution >= 4 is 17.2 Å². The number of aromatic nitrogens is 2. The Morgan fingerprint density at radius 3 is 2.39 bits per heavy atom. The Labute approximate surface area is 134 Å². The van der Waals surface area contributed by atoms with Crippen LogP contribution in [0.15, 0.2) is 60.9 Å². The lowest BCUT2D eigenvalue weighted by atomic mass is 10.2. The molecule has 6 nitrogen and oxygen atoms in total. The molecule has 0 amide bonds. The van der Waals surface area contributed by atoms with Gasteiger partial charge in [-0.05, 0) is 31.2 Å². The number of benzene rings is 2. The number of hydrazine groups is 1. The van der Waals surface area contributed by atoms with Gasteiger partial charge in [0.25, 0.3) is 0 Å². The summed E-state index contributed by atoms with van der Waals surface area (Å²) in [6.07, 6.45) is 1.40. The monoisotopic (exact) mass is 307 g/mol. The summed E-state index contributed by atoms with van der Waals surface area (Å²) in [4.78, 5) is 8.21. The molecule has 6 heteroatoms. The van der Waals surface area contributed by atoms with Crippen LogP contribution < -0.4 is 21.3 Å². The minimum Gasteiger partial charge on any atom is -0.437 e. The highest BCUT2D eigenvalue weighted by atomic mass is 16.5. The third-order valence-corrected chi connectivity index (χ3v) is 3.18. The summed E-state index contributed by atoms with van der Waals surface area (Å²) >= 11 is 0. The summed E-state index contributed by atoms with van der Waals surface area (Å²) in [7, 11) is 0. The summed E-state index contributed by atoms with van der Waals surface area (Å²) < 4.78 is 5.71. The quantitative estimate of drug-likeness (QED) is 0.625. The Hall–Kier alpha value is -3.28. The SMILES string of the molecule is Cc1ccc(Oc2ncnc(NNc3ccccc3)c2N)cc1. The third-order valence-electron chi connectivity index (χ3n) is 3.18. The van der Waals surface area contributed by atoms with Gasteiger partial charge in [-0.1, -0.05) is 35.9 Å². The van der Waals surface area contributed by atoms with Crippen molar-refractivity contribution in [3.05, 3.63) is 66.5 Å². The molecule has 0 saturated carbocycles. The first-order chi connectivity index (χ1) is 11.2. The third kappa shape index (κ3) is 3.68. The molecule has 3 rings (SSSR count). The van der Waals surface area contributed by atoms with Crippen LogP contribution in [-0.2, 0) is 0 Å². The maximum absolute atomic E-state index is 6.07. The minimum absolute atomic E-state index is 0.307. The number of nitrogens with two attached hydrogens (primary N) is 1. The van der Waals surface area contributed by atoms with Crippen LogP contribution in [0.25, 0.3) is 0 Å². The second-order valence-corrected chi connectivity index (χ2v) is 4.97. The van der Waals surface area contributed by atoms with Crippen molar-refractivity contribution in [1.82, 2.24) is 9.97 Å². The molecule has 2 aromatic carbocycles. The first kappa shape index (κ1) is 14.6. The van der Waals surface area contributed by atoms with Crippen molar-refractivity contribution in [2.75, 3.05) is 16.6 Å². The van der Waals surface area contributed by atoms with E-state index in [1.165, 1.54) is 6.33 Å². The van der Waals surface area contributed by atoms with E-state index >= 15 is 0 Å². The Bertz CT molecular complexity index is 775. The number of nitrogens with zero attached hydrogens (tertiary/aromatic N) is 2. The molecule has 3 aromatic rings. The number of hydrogen-bond donors (Lipinski definition) is 3. The molecule has 1 heterocycles. The van der Waals surface area contributed by atoms with Crippen molar-refractivity contribution in [3.63, 3.8) is 0 Å². The highest BCUT2D eigenvalue weighted by molar-refractivity contribution is 5.68. The zero-order valence-corrected chi connectivity index (χ0v) is 12.7. The fourth-order valence-corrected chi connectivity index (χ4v) is 1.93. The molecular formula is C17H17N5O. The van der Waals surface area contributed by atoms with E-state index in [-0.39, 0.29) is 0 Å². The topological polar surface area (TPSA) is 85.1 Å². The summed E-state index contributed by atoms with van der Waals surface area (Å²) in [5, 5.41) is 0. The Morgan fingerprint density at radius 1 is 0.913 bits per heavy atom. The molecule has 23 heavy (non-hydrogen) atoms. The van der Waals surface area contributed by atoms with Crippen LogP contribution in [-0.4, -0.2) is 9.97 Å². The number of anilines is 3. The number of ether oxygens (including phenoxy) is 1. The van der Waals surface area contributed by atoms with E-state index in [0.29, 0.717) is 23.1 Å². The zero-order chi connectivity index (χ0) is 16.1. The van der Waals surface area contributed by atoms with Gasteiger partial charge in [0.1, 0.15) is 17.8 Å². The Balaban J connectivity index is 1.74. The second kappa shape index (κ2) is 6.65. The lowest BCUT2D eigenvalue weighted by Crippen LogP contribution is -2.12. The van der Waals surface area contributed by atoms with Crippen LogP contribution in [0.5, 0.6) is 11.6 Å². The molecule has 4 N–H and O–H groups in total. The summed E-state index contributed by atoms with van der Waals surface area (Å²) in [5.41, 5.74) is 14.4. The van der Waals surface area contributed by atoms with Crippen molar-refractivity contribution in [2.45, 2.75) is 6.92 Å². The molecule has 0 aliphatic carbocycles. The van der Waals surface area contributed by atoms with Gasteiger partial charge in [-0.15, -0.1) is 0 Å². The maximum atomic E-state index is 6.07. The van der Waals surface area contributed by atoms with Gasteiger partial charge in [0, 0.05) is 0 Å². The van der Waals surface area contributed by atoms with E-state index in [9.17, 15) is 0 Å². The van der Waals surface area contributed by atoms with E-state index in [1.54, 1.807) is 0 Å². The predicted octanol–water partition coefficient (Wildman–Crippen LogP) is 3.60. The maximum Gasteiger partial charge on any atom is 0.248 e. The number of para-hydroxylation sites is 1. The van der Waals surface area contributed by atoms with Crippen LogP contribution in [0.3, 0.4) is 0 Å². The van der Waals surface area contributed by atoms with Crippen molar-refractivity contribution in [2.24, 2.45) is 0 Å². The highest BCUT2D eigenvalue weighted by Gasteiger charge is 2.10. The molecular weight excluding hydrogens is 290 g/mol. The van der Waals surface area contributed by atoms with Gasteiger partial charge in [0.15, 0.2) is 5.82 Å². The van der Waals surface area contributed by atoms with Gasteiger partial charge in [-0.3, -0.25) is 10.9 Å². The summed E-state index contributed by atoms with van der Waals surface area (Å²) in [6, 6.07) is 17.3. The fourth-order valence-electron chi connectivity index (χ4n) is 1.93. The Morgan fingerprint density at radius 2 is 1.65 bits per heavy atom. The highest BCUT2D eigenvalue weighted by Crippen LogP contribution is 2.29. The van der Waals surface area contributed by atoms with Crippen molar-refractivity contribution in [1.29, 1.82) is 0 Å². The van der Waals surface area contributed by atoms with E-state index < -0.39 is 0 Å². The van der Waals surface area contributed by atoms with Crippen LogP contribution in [0, 0.1) is 6.92 Å². The molecule has 1 aromatic heterocycles. The van der Waals surface area contributed by atoms with E-state index in [1.807, 2.05) is 61.5 Å². The number of nitrogen functional groups attached to an aromatic ring is 1. The van der Waals surface area contributed by atoms with Crippen molar-refractivity contribution < 1.29 is 4.74 Å². The average Bonchev–Trinajstić information content (AvgIpc) is 2.58. The second-order valence-electron chi connectivity index (χ2n) is 4.97. The minimum atomic E-state index is 0.307. The molecule has 0 saturated heterocycles. The molecule has 0 aliphatic heterocycles. The van der Waals surface area contributed by atoms with Crippen LogP contribution in [0.1, 0.15) is 5.56 Å². The van der Waals surface area contributed by atoms with Gasteiger partial charge in [0.05, 0.1) is 5.69 Å². The molecule has 0 spiro atoms. The van der Waals surface area contributed by atoms with E-state index in [2.05, 4.69) is 20.8 Å². The van der Waals surface area contributed by atoms with Crippen LogP contribution in [0.2, 0.25) is 0 Å². The Kier molecular flexibility index (Phi) is 4.24. The average molecular weight is 307 g/mol. The lowest BCUT2D eigenvalue weighted by molar-refractivity contribution is 0.464. The zero-order valence-electron chi connectivity index (χ0n) is 12.7. The molecule has 0 radical (unpaired) electrons. The largest absolute Gasteiger partial charge is 0.437 e. The molecule has 0 unspecified atom stereocenters. The van der Waals surface area contributed by atoms with Gasteiger partial charge >= 0.3 is 0 Å². The first-order valence-electron chi connectivity index (χ1n) is 7.14. The summed E-state index contributed by atoms with van der Waals surface area (Å²) in [5.74, 6) is 1.43. The molecule has 0 atom stereocenters. The molecule has 0 aliphatic rings. The van der Waals surface area contributed by atoms with E-state index in [0.717, 1.165) is 11.3 Å². The van der Waals surface area contributed by atoms with Gasteiger partial charge in [-0.25, -0.2) is 4.98 Å². The van der Waals surface area contributed by atoms with Crippen molar-refractivity contribution in [3.8, 4) is 11.6 Å². The predicted molar refractivity (Wildman–Crippen MR) is 91.4 cm³/mol. The van der Waals surface area contributed by atoms with Crippen LogP contribution in [0.4, 0.5) is 17.2 Å². The lowest BCUT2D eigenvalue weighted by Gasteiger charge is -2.13. The number of nitrogens with one attached hydrogen (secondary N) is 2. The molecule has 0 fully saturated rings. The molecule has 116 valence electrons. The molecule has 0 bridgehead atoms. The van der Waals surface area contributed by atoms with Gasteiger partial charge in [-0.2, -0.15) is 4.98 Å². The smallest absolute Gasteiger partial charge is 0.248 e.